The first kappa shape index (κ1) is 19.1. The molecule has 3 rings (SSSR count). The van der Waals surface area contributed by atoms with Crippen molar-refractivity contribution in [1.29, 1.82) is 0 Å². The second-order valence-corrected chi connectivity index (χ2v) is 6.22. The molecule has 28 heavy (non-hydrogen) atoms. The van der Waals surface area contributed by atoms with E-state index in [1.165, 1.54) is 18.2 Å². The zero-order chi connectivity index (χ0) is 19.9. The van der Waals surface area contributed by atoms with Crippen molar-refractivity contribution >= 4 is 46.0 Å². The number of phenols is 1. The molecule has 4 N–H and O–H groups in total. The lowest BCUT2D eigenvalue weighted by Crippen LogP contribution is -2.48. The van der Waals surface area contributed by atoms with Crippen LogP contribution in [-0.4, -0.2) is 22.0 Å². The maximum atomic E-state index is 12.1. The van der Waals surface area contributed by atoms with Crippen LogP contribution in [-0.2, 0) is 4.79 Å². The molecule has 0 heterocycles. The number of rotatable bonds is 3. The van der Waals surface area contributed by atoms with Crippen LogP contribution in [0.5, 0.6) is 5.75 Å². The first-order valence-electron chi connectivity index (χ1n) is 8.40. The molecule has 0 saturated carbocycles. The number of para-hydroxylation sites is 1. The van der Waals surface area contributed by atoms with Gasteiger partial charge in [-0.05, 0) is 46.8 Å². The number of fused-ring (bicyclic) bond motifs is 1. The topological polar surface area (TPSA) is 90.5 Å². The number of benzene rings is 3. The number of hydrogen-bond acceptors (Lipinski definition) is 4. The first-order chi connectivity index (χ1) is 13.5. The summed E-state index contributed by atoms with van der Waals surface area (Å²) in [7, 11) is 0. The van der Waals surface area contributed by atoms with Crippen LogP contribution in [0.25, 0.3) is 16.8 Å². The minimum Gasteiger partial charge on any atom is -0.507 e. The molecule has 3 aromatic carbocycles. The molecule has 7 heteroatoms. The smallest absolute Gasteiger partial charge is 0.273 e. The van der Waals surface area contributed by atoms with Gasteiger partial charge in [-0.3, -0.25) is 25.8 Å². The Hall–Kier alpha value is -3.71. The SMILES string of the molecule is O=C(/C=C/c1cccc2ccccc12)NC(=S)NNC(=O)c1ccccc1O. The number of hydrazine groups is 1. The fourth-order valence-electron chi connectivity index (χ4n) is 2.59. The van der Waals surface area contributed by atoms with Crippen LogP contribution >= 0.6 is 12.2 Å². The van der Waals surface area contributed by atoms with Gasteiger partial charge in [0.1, 0.15) is 5.75 Å². The highest BCUT2D eigenvalue weighted by Crippen LogP contribution is 2.19. The Morgan fingerprint density at radius 3 is 2.43 bits per heavy atom. The molecule has 0 radical (unpaired) electrons. The molecule has 0 aliphatic heterocycles. The molecule has 6 nitrogen and oxygen atoms in total. The van der Waals surface area contributed by atoms with Crippen LogP contribution in [0.1, 0.15) is 15.9 Å². The van der Waals surface area contributed by atoms with E-state index in [0.29, 0.717) is 0 Å². The van der Waals surface area contributed by atoms with Crippen LogP contribution in [0.2, 0.25) is 0 Å². The average Bonchev–Trinajstić information content (AvgIpc) is 2.70. The van der Waals surface area contributed by atoms with Crippen molar-refractivity contribution in [2.24, 2.45) is 0 Å². The van der Waals surface area contributed by atoms with Gasteiger partial charge < -0.3 is 5.11 Å². The van der Waals surface area contributed by atoms with Gasteiger partial charge in [-0.25, -0.2) is 0 Å². The van der Waals surface area contributed by atoms with E-state index in [9.17, 15) is 14.7 Å². The molecule has 0 bridgehead atoms. The monoisotopic (exact) mass is 391 g/mol. The van der Waals surface area contributed by atoms with Crippen molar-refractivity contribution in [3.8, 4) is 5.75 Å². The number of thiocarbonyl (C=S) groups is 1. The summed E-state index contributed by atoms with van der Waals surface area (Å²) in [5.41, 5.74) is 5.72. The molecular formula is C21H17N3O3S. The van der Waals surface area contributed by atoms with Gasteiger partial charge in [-0.2, -0.15) is 0 Å². The maximum absolute atomic E-state index is 12.1. The van der Waals surface area contributed by atoms with Crippen LogP contribution in [0.3, 0.4) is 0 Å². The summed E-state index contributed by atoms with van der Waals surface area (Å²) < 4.78 is 0. The van der Waals surface area contributed by atoms with Crippen molar-refractivity contribution in [3.05, 3.63) is 83.9 Å². The van der Waals surface area contributed by atoms with Gasteiger partial charge in [0.2, 0.25) is 5.91 Å². The molecule has 0 aliphatic rings. The third-order valence-corrected chi connectivity index (χ3v) is 4.12. The van der Waals surface area contributed by atoms with Gasteiger partial charge in [0.25, 0.3) is 5.91 Å². The molecule has 0 unspecified atom stereocenters. The summed E-state index contributed by atoms with van der Waals surface area (Å²) in [4.78, 5) is 24.0. The fourth-order valence-corrected chi connectivity index (χ4v) is 2.74. The minimum atomic E-state index is -0.582. The standard InChI is InChI=1S/C21H17N3O3S/c25-18-11-4-3-10-17(18)20(27)23-24-21(28)22-19(26)13-12-15-8-5-7-14-6-1-2-9-16(14)15/h1-13,25H,(H,23,27)(H2,22,24,26,28)/b13-12+. The highest BCUT2D eigenvalue weighted by molar-refractivity contribution is 7.80. The van der Waals surface area contributed by atoms with Crippen molar-refractivity contribution < 1.29 is 14.7 Å². The number of carbonyl (C=O) groups is 2. The Morgan fingerprint density at radius 2 is 1.61 bits per heavy atom. The fraction of sp³-hybridized carbons (Fsp3) is 0. The first-order valence-corrected chi connectivity index (χ1v) is 8.80. The van der Waals surface area contributed by atoms with E-state index >= 15 is 0 Å². The van der Waals surface area contributed by atoms with Crippen LogP contribution in [0.15, 0.2) is 72.8 Å². The van der Waals surface area contributed by atoms with E-state index in [1.807, 2.05) is 42.5 Å². The number of phenolic OH excluding ortho intramolecular Hbond substituents is 1. The van der Waals surface area contributed by atoms with Crippen molar-refractivity contribution in [3.63, 3.8) is 0 Å². The quantitative estimate of drug-likeness (QED) is 0.313. The van der Waals surface area contributed by atoms with E-state index in [1.54, 1.807) is 18.2 Å². The Labute approximate surface area is 166 Å². The summed E-state index contributed by atoms with van der Waals surface area (Å²) in [5.74, 6) is -1.18. The normalized spacial score (nSPS) is 10.6. The van der Waals surface area contributed by atoms with Gasteiger partial charge in [0.15, 0.2) is 5.11 Å². The van der Waals surface area contributed by atoms with E-state index < -0.39 is 11.8 Å². The Morgan fingerprint density at radius 1 is 0.893 bits per heavy atom. The predicted molar refractivity (Wildman–Crippen MR) is 112 cm³/mol. The van der Waals surface area contributed by atoms with E-state index in [-0.39, 0.29) is 16.4 Å². The lowest BCUT2D eigenvalue weighted by atomic mass is 10.0. The summed E-state index contributed by atoms with van der Waals surface area (Å²) in [6.07, 6.45) is 3.06. The largest absolute Gasteiger partial charge is 0.507 e. The van der Waals surface area contributed by atoms with Gasteiger partial charge in [0, 0.05) is 6.08 Å². The van der Waals surface area contributed by atoms with Crippen molar-refractivity contribution in [1.82, 2.24) is 16.2 Å². The van der Waals surface area contributed by atoms with Gasteiger partial charge >= 0.3 is 0 Å². The lowest BCUT2D eigenvalue weighted by molar-refractivity contribution is -0.115. The molecular weight excluding hydrogens is 374 g/mol. The lowest BCUT2D eigenvalue weighted by Gasteiger charge is -2.10. The van der Waals surface area contributed by atoms with E-state index in [2.05, 4.69) is 16.2 Å². The number of nitrogens with one attached hydrogen (secondary N) is 3. The number of amides is 2. The Kier molecular flexibility index (Phi) is 5.98. The highest BCUT2D eigenvalue weighted by Gasteiger charge is 2.10. The second-order valence-electron chi connectivity index (χ2n) is 5.82. The van der Waals surface area contributed by atoms with Gasteiger partial charge in [-0.15, -0.1) is 0 Å². The third-order valence-electron chi connectivity index (χ3n) is 3.91. The molecule has 140 valence electrons. The summed E-state index contributed by atoms with van der Waals surface area (Å²) >= 11 is 4.99. The molecule has 0 spiro atoms. The van der Waals surface area contributed by atoms with E-state index in [4.69, 9.17) is 12.2 Å². The Bertz CT molecular complexity index is 1070. The zero-order valence-corrected chi connectivity index (χ0v) is 15.5. The van der Waals surface area contributed by atoms with Crippen molar-refractivity contribution in [2.75, 3.05) is 0 Å². The predicted octanol–water partition coefficient (Wildman–Crippen LogP) is 2.89. The zero-order valence-electron chi connectivity index (χ0n) is 14.7. The average molecular weight is 391 g/mol. The number of carbonyl (C=O) groups excluding carboxylic acids is 2. The third kappa shape index (κ3) is 4.72. The molecule has 3 aromatic rings. The van der Waals surface area contributed by atoms with Crippen molar-refractivity contribution in [2.45, 2.75) is 0 Å². The number of hydrogen-bond donors (Lipinski definition) is 4. The molecule has 0 aromatic heterocycles. The van der Waals surface area contributed by atoms with Crippen LogP contribution < -0.4 is 16.2 Å². The van der Waals surface area contributed by atoms with Crippen LogP contribution in [0.4, 0.5) is 0 Å². The van der Waals surface area contributed by atoms with Crippen LogP contribution in [0, 0.1) is 0 Å². The molecule has 0 saturated heterocycles. The molecule has 0 aliphatic carbocycles. The molecule has 0 fully saturated rings. The molecule has 2 amide bonds. The second kappa shape index (κ2) is 8.79. The summed E-state index contributed by atoms with van der Waals surface area (Å²) in [6.45, 7) is 0. The molecule has 0 atom stereocenters. The highest BCUT2D eigenvalue weighted by atomic mass is 32.1. The Balaban J connectivity index is 1.56. The summed E-state index contributed by atoms with van der Waals surface area (Å²) in [6, 6.07) is 19.8. The van der Waals surface area contributed by atoms with Gasteiger partial charge in [0.05, 0.1) is 5.56 Å². The summed E-state index contributed by atoms with van der Waals surface area (Å²) in [5, 5.41) is 14.1. The maximum Gasteiger partial charge on any atom is 0.273 e. The van der Waals surface area contributed by atoms with Gasteiger partial charge in [-0.1, -0.05) is 54.6 Å². The minimum absolute atomic E-state index is 0.0728. The van der Waals surface area contributed by atoms with E-state index in [0.717, 1.165) is 16.3 Å². The number of aromatic hydroxyl groups is 1.